The average Bonchev–Trinajstić information content (AvgIpc) is 2.47. The van der Waals surface area contributed by atoms with Crippen molar-refractivity contribution in [3.63, 3.8) is 0 Å². The molecule has 1 saturated carbocycles. The molecule has 5 nitrogen and oxygen atoms in total. The van der Waals surface area contributed by atoms with E-state index < -0.39 is 32.6 Å². The molecule has 24 heavy (non-hydrogen) atoms. The van der Waals surface area contributed by atoms with Crippen LogP contribution in [0.3, 0.4) is 0 Å². The van der Waals surface area contributed by atoms with Crippen molar-refractivity contribution in [1.82, 2.24) is 9.71 Å². The first-order valence-corrected chi connectivity index (χ1v) is 9.80. The SMILES string of the molecule is CC(C)(C)S(=O)(=O)NC(c1cc(Cl)ccn1)[C@]1(O)CC[C@@H](F)CC1. The zero-order valence-electron chi connectivity index (χ0n) is 14.1. The predicted molar refractivity (Wildman–Crippen MR) is 92.1 cm³/mol. The van der Waals surface area contributed by atoms with Crippen molar-refractivity contribution in [3.8, 4) is 0 Å². The molecule has 8 heteroatoms. The number of sulfonamides is 1. The molecule has 2 N–H and O–H groups in total. The molecule has 1 heterocycles. The lowest BCUT2D eigenvalue weighted by Gasteiger charge is -2.40. The molecule has 0 saturated heterocycles. The fourth-order valence-electron chi connectivity index (χ4n) is 2.73. The second-order valence-electron chi connectivity index (χ2n) is 7.34. The lowest BCUT2D eigenvalue weighted by Crippen LogP contribution is -2.52. The van der Waals surface area contributed by atoms with Gasteiger partial charge in [-0.05, 0) is 58.6 Å². The lowest BCUT2D eigenvalue weighted by molar-refractivity contribution is -0.0418. The van der Waals surface area contributed by atoms with Crippen LogP contribution < -0.4 is 4.72 Å². The first-order valence-electron chi connectivity index (χ1n) is 7.94. The summed E-state index contributed by atoms with van der Waals surface area (Å²) >= 11 is 6.00. The largest absolute Gasteiger partial charge is 0.388 e. The Labute approximate surface area is 147 Å². The number of aromatic nitrogens is 1. The Morgan fingerprint density at radius 2 is 2.00 bits per heavy atom. The van der Waals surface area contributed by atoms with Crippen LogP contribution in [0.4, 0.5) is 4.39 Å². The lowest BCUT2D eigenvalue weighted by atomic mass is 9.78. The van der Waals surface area contributed by atoms with E-state index in [1.165, 1.54) is 12.3 Å². The molecule has 1 unspecified atom stereocenters. The highest BCUT2D eigenvalue weighted by Crippen LogP contribution is 2.40. The number of nitrogens with one attached hydrogen (secondary N) is 1. The fraction of sp³-hybridized carbons (Fsp3) is 0.688. The highest BCUT2D eigenvalue weighted by molar-refractivity contribution is 7.90. The topological polar surface area (TPSA) is 79.3 Å². The molecule has 2 rings (SSSR count). The number of hydrogen-bond acceptors (Lipinski definition) is 4. The summed E-state index contributed by atoms with van der Waals surface area (Å²) < 4.78 is 40.2. The summed E-state index contributed by atoms with van der Waals surface area (Å²) in [6.45, 7) is 4.71. The van der Waals surface area contributed by atoms with Crippen LogP contribution in [0.5, 0.6) is 0 Å². The molecule has 0 aliphatic heterocycles. The fourth-order valence-corrected chi connectivity index (χ4v) is 3.90. The summed E-state index contributed by atoms with van der Waals surface area (Å²) in [6, 6.07) is 2.12. The minimum Gasteiger partial charge on any atom is -0.388 e. The summed E-state index contributed by atoms with van der Waals surface area (Å²) in [6.07, 6.45) is 1.16. The Kier molecular flexibility index (Phi) is 5.59. The summed E-state index contributed by atoms with van der Waals surface area (Å²) in [5, 5.41) is 11.4. The van der Waals surface area contributed by atoms with E-state index in [9.17, 15) is 17.9 Å². The van der Waals surface area contributed by atoms with Gasteiger partial charge in [0.25, 0.3) is 0 Å². The van der Waals surface area contributed by atoms with Crippen molar-refractivity contribution in [2.75, 3.05) is 0 Å². The Morgan fingerprint density at radius 3 is 2.50 bits per heavy atom. The number of halogens is 2. The van der Waals surface area contributed by atoms with E-state index in [-0.39, 0.29) is 25.7 Å². The van der Waals surface area contributed by atoms with E-state index >= 15 is 0 Å². The highest BCUT2D eigenvalue weighted by Gasteiger charge is 2.45. The van der Waals surface area contributed by atoms with Crippen LogP contribution in [0.1, 0.15) is 58.2 Å². The van der Waals surface area contributed by atoms with Gasteiger partial charge in [-0.2, -0.15) is 0 Å². The van der Waals surface area contributed by atoms with Crippen molar-refractivity contribution in [1.29, 1.82) is 0 Å². The van der Waals surface area contributed by atoms with Gasteiger partial charge in [0.05, 0.1) is 22.1 Å². The normalized spacial score (nSPS) is 27.0. The first kappa shape index (κ1) is 19.6. The maximum Gasteiger partial charge on any atom is 0.217 e. The van der Waals surface area contributed by atoms with E-state index in [2.05, 4.69) is 9.71 Å². The summed E-state index contributed by atoms with van der Waals surface area (Å²) in [5.74, 6) is 0. The van der Waals surface area contributed by atoms with Gasteiger partial charge in [0.2, 0.25) is 10.0 Å². The number of alkyl halides is 1. The molecule has 1 atom stereocenters. The van der Waals surface area contributed by atoms with Crippen molar-refractivity contribution in [2.45, 2.75) is 69.0 Å². The predicted octanol–water partition coefficient (Wildman–Crippen LogP) is 3.14. The number of rotatable bonds is 4. The van der Waals surface area contributed by atoms with Gasteiger partial charge in [-0.3, -0.25) is 4.98 Å². The van der Waals surface area contributed by atoms with Crippen LogP contribution in [0.15, 0.2) is 18.3 Å². The van der Waals surface area contributed by atoms with E-state index in [4.69, 9.17) is 11.6 Å². The van der Waals surface area contributed by atoms with Crippen LogP contribution in [0, 0.1) is 0 Å². The van der Waals surface area contributed by atoms with Crippen molar-refractivity contribution >= 4 is 21.6 Å². The third-order valence-electron chi connectivity index (χ3n) is 4.44. The summed E-state index contributed by atoms with van der Waals surface area (Å²) in [4.78, 5) is 4.18. The second-order valence-corrected chi connectivity index (χ2v) is 10.2. The van der Waals surface area contributed by atoms with Crippen molar-refractivity contribution in [2.24, 2.45) is 0 Å². The van der Waals surface area contributed by atoms with E-state index in [0.29, 0.717) is 10.7 Å². The van der Waals surface area contributed by atoms with Crippen LogP contribution in [-0.4, -0.2) is 35.0 Å². The van der Waals surface area contributed by atoms with Gasteiger partial charge in [0, 0.05) is 11.2 Å². The van der Waals surface area contributed by atoms with Gasteiger partial charge < -0.3 is 5.11 Å². The Balaban J connectivity index is 2.43. The summed E-state index contributed by atoms with van der Waals surface area (Å²) in [7, 11) is -3.75. The van der Waals surface area contributed by atoms with Crippen LogP contribution in [-0.2, 0) is 10.0 Å². The maximum absolute atomic E-state index is 13.5. The van der Waals surface area contributed by atoms with Crippen molar-refractivity contribution in [3.05, 3.63) is 29.0 Å². The molecule has 1 aromatic rings. The third kappa shape index (κ3) is 4.25. The molecule has 136 valence electrons. The molecule has 0 spiro atoms. The van der Waals surface area contributed by atoms with Crippen LogP contribution in [0.2, 0.25) is 5.02 Å². The molecule has 0 radical (unpaired) electrons. The minimum atomic E-state index is -3.75. The Bertz CT molecular complexity index is 683. The van der Waals surface area contributed by atoms with Gasteiger partial charge in [-0.1, -0.05) is 11.6 Å². The van der Waals surface area contributed by atoms with Crippen LogP contribution >= 0.6 is 11.6 Å². The molecule has 1 fully saturated rings. The van der Waals surface area contributed by atoms with Crippen molar-refractivity contribution < 1.29 is 17.9 Å². The van der Waals surface area contributed by atoms with E-state index in [1.807, 2.05) is 0 Å². The molecule has 1 aliphatic rings. The van der Waals surface area contributed by atoms with Gasteiger partial charge in [0.1, 0.15) is 6.17 Å². The maximum atomic E-state index is 13.5. The molecule has 0 aromatic carbocycles. The summed E-state index contributed by atoms with van der Waals surface area (Å²) in [5.41, 5.74) is -1.08. The van der Waals surface area contributed by atoms with Gasteiger partial charge >= 0.3 is 0 Å². The van der Waals surface area contributed by atoms with E-state index in [1.54, 1.807) is 26.8 Å². The molecule has 0 bridgehead atoms. The quantitative estimate of drug-likeness (QED) is 0.843. The number of hydrogen-bond donors (Lipinski definition) is 2. The monoisotopic (exact) mass is 378 g/mol. The molecule has 1 aromatic heterocycles. The van der Waals surface area contributed by atoms with Gasteiger partial charge in [-0.25, -0.2) is 17.5 Å². The van der Waals surface area contributed by atoms with Crippen LogP contribution in [0.25, 0.3) is 0 Å². The molecular weight excluding hydrogens is 355 g/mol. The molecule has 0 amide bonds. The molecular formula is C16H24ClFN2O3S. The second kappa shape index (κ2) is 6.86. The number of aliphatic hydroxyl groups is 1. The first-order chi connectivity index (χ1) is 10.9. The van der Waals surface area contributed by atoms with Gasteiger partial charge in [0.15, 0.2) is 0 Å². The zero-order valence-corrected chi connectivity index (χ0v) is 15.7. The number of nitrogens with zero attached hydrogens (tertiary/aromatic N) is 1. The highest BCUT2D eigenvalue weighted by atomic mass is 35.5. The van der Waals surface area contributed by atoms with Gasteiger partial charge in [-0.15, -0.1) is 0 Å². The Hall–Kier alpha value is -0.760. The van der Waals surface area contributed by atoms with E-state index in [0.717, 1.165) is 0 Å². The Morgan fingerprint density at radius 1 is 1.42 bits per heavy atom. The minimum absolute atomic E-state index is 0.152. The molecule has 1 aliphatic carbocycles. The zero-order chi connectivity index (χ0) is 18.2. The smallest absolute Gasteiger partial charge is 0.217 e. The average molecular weight is 379 g/mol. The standard InChI is InChI=1S/C16H24ClFN2O3S/c1-15(2,3)24(22,23)20-14(13-10-11(17)6-9-19-13)16(21)7-4-12(18)5-8-16/h6,9-10,12,14,20-21H,4-5,7-8H2,1-3H3/t12-,14?,16+. The third-order valence-corrected chi connectivity index (χ3v) is 6.83. The number of pyridine rings is 1.